The fraction of sp³-hybridized carbons (Fsp3) is 0.143. The quantitative estimate of drug-likeness (QED) is 0.478. The van der Waals surface area contributed by atoms with Gasteiger partial charge in [0.2, 0.25) is 0 Å². The van der Waals surface area contributed by atoms with Crippen molar-refractivity contribution in [3.8, 4) is 22.5 Å². The molecule has 0 saturated heterocycles. The number of benzene rings is 1. The van der Waals surface area contributed by atoms with Gasteiger partial charge >= 0.3 is 0 Å². The van der Waals surface area contributed by atoms with Gasteiger partial charge in [0.25, 0.3) is 0 Å². The van der Waals surface area contributed by atoms with Gasteiger partial charge in [0.1, 0.15) is 5.82 Å². The molecule has 0 N–H and O–H groups in total. The van der Waals surface area contributed by atoms with E-state index in [0.717, 1.165) is 38.8 Å². The summed E-state index contributed by atoms with van der Waals surface area (Å²) in [4.78, 5) is 20.9. The third-order valence-corrected chi connectivity index (χ3v) is 5.30. The number of nitrogens with zero attached hydrogens (tertiary/aromatic N) is 4. The van der Waals surface area contributed by atoms with Crippen molar-refractivity contribution in [2.24, 2.45) is 0 Å². The summed E-state index contributed by atoms with van der Waals surface area (Å²) in [5.74, 6) is 0.854. The minimum Gasteiger partial charge on any atom is -0.294 e. The number of thiophene rings is 1. The van der Waals surface area contributed by atoms with Gasteiger partial charge in [-0.05, 0) is 49.1 Å². The van der Waals surface area contributed by atoms with Crippen molar-refractivity contribution in [1.29, 1.82) is 0 Å². The molecule has 1 aromatic carbocycles. The van der Waals surface area contributed by atoms with Crippen LogP contribution in [0.25, 0.3) is 22.5 Å². The maximum atomic E-state index is 11.4. The molecule has 3 heterocycles. The molecule has 4 rings (SSSR count). The summed E-state index contributed by atoms with van der Waals surface area (Å²) in [5.41, 5.74) is 4.97. The molecule has 0 bridgehead atoms. The predicted molar refractivity (Wildman–Crippen MR) is 107 cm³/mol. The SMILES string of the molecule is CC(=O)c1cc(Cn2ccc(-c3cccc(-c4ccnc(C)n4)c3)n2)cs1. The minimum absolute atomic E-state index is 0.101. The van der Waals surface area contributed by atoms with Gasteiger partial charge in [-0.25, -0.2) is 9.97 Å². The maximum absolute atomic E-state index is 11.4. The van der Waals surface area contributed by atoms with Crippen LogP contribution >= 0.6 is 11.3 Å². The summed E-state index contributed by atoms with van der Waals surface area (Å²) >= 11 is 1.48. The smallest absolute Gasteiger partial charge is 0.169 e. The largest absolute Gasteiger partial charge is 0.294 e. The van der Waals surface area contributed by atoms with E-state index < -0.39 is 0 Å². The highest BCUT2D eigenvalue weighted by Gasteiger charge is 2.08. The number of hydrogen-bond donors (Lipinski definition) is 0. The molecule has 6 heteroatoms. The van der Waals surface area contributed by atoms with E-state index in [4.69, 9.17) is 0 Å². The monoisotopic (exact) mass is 374 g/mol. The lowest BCUT2D eigenvalue weighted by molar-refractivity contribution is 0.102. The molecule has 0 aliphatic heterocycles. The van der Waals surface area contributed by atoms with Crippen molar-refractivity contribution in [2.75, 3.05) is 0 Å². The summed E-state index contributed by atoms with van der Waals surface area (Å²) in [7, 11) is 0. The second kappa shape index (κ2) is 7.25. The Kier molecular flexibility index (Phi) is 4.64. The molecule has 0 atom stereocenters. The third kappa shape index (κ3) is 3.85. The highest BCUT2D eigenvalue weighted by Crippen LogP contribution is 2.24. The molecule has 0 aliphatic rings. The zero-order valence-corrected chi connectivity index (χ0v) is 15.9. The predicted octanol–water partition coefficient (Wildman–Crippen LogP) is 4.63. The number of rotatable bonds is 5. The van der Waals surface area contributed by atoms with Gasteiger partial charge in [0.15, 0.2) is 5.78 Å². The average Bonchev–Trinajstić information content (AvgIpc) is 3.32. The Morgan fingerprint density at radius 2 is 1.93 bits per heavy atom. The molecule has 0 saturated carbocycles. The van der Waals surface area contributed by atoms with Crippen LogP contribution in [0.1, 0.15) is 28.0 Å². The van der Waals surface area contributed by atoms with Crippen LogP contribution in [0, 0.1) is 6.92 Å². The van der Waals surface area contributed by atoms with Crippen LogP contribution in [0.3, 0.4) is 0 Å². The topological polar surface area (TPSA) is 60.7 Å². The number of Topliss-reactive ketones (excluding diaryl/α,β-unsaturated/α-hetero) is 1. The first-order chi connectivity index (χ1) is 13.1. The van der Waals surface area contributed by atoms with Crippen LogP contribution in [0.2, 0.25) is 0 Å². The molecule has 27 heavy (non-hydrogen) atoms. The van der Waals surface area contributed by atoms with E-state index in [1.807, 2.05) is 59.6 Å². The first kappa shape index (κ1) is 17.3. The van der Waals surface area contributed by atoms with E-state index in [-0.39, 0.29) is 5.78 Å². The lowest BCUT2D eigenvalue weighted by atomic mass is 10.1. The summed E-state index contributed by atoms with van der Waals surface area (Å²) in [6.07, 6.45) is 3.73. The van der Waals surface area contributed by atoms with Crippen molar-refractivity contribution in [3.63, 3.8) is 0 Å². The zero-order chi connectivity index (χ0) is 18.8. The summed E-state index contributed by atoms with van der Waals surface area (Å²) in [5, 5.41) is 6.70. The molecule has 4 aromatic rings. The van der Waals surface area contributed by atoms with Crippen LogP contribution in [0.5, 0.6) is 0 Å². The number of aromatic nitrogens is 4. The van der Waals surface area contributed by atoms with E-state index >= 15 is 0 Å². The van der Waals surface area contributed by atoms with Crippen molar-refractivity contribution in [2.45, 2.75) is 20.4 Å². The molecule has 0 aliphatic carbocycles. The highest BCUT2D eigenvalue weighted by atomic mass is 32.1. The molecule has 0 radical (unpaired) electrons. The Morgan fingerprint density at radius 1 is 1.11 bits per heavy atom. The van der Waals surface area contributed by atoms with Crippen molar-refractivity contribution in [3.05, 3.63) is 76.5 Å². The average molecular weight is 374 g/mol. The highest BCUT2D eigenvalue weighted by molar-refractivity contribution is 7.12. The molecule has 134 valence electrons. The van der Waals surface area contributed by atoms with Crippen LogP contribution < -0.4 is 0 Å². The number of hydrogen-bond acceptors (Lipinski definition) is 5. The van der Waals surface area contributed by atoms with Gasteiger partial charge in [-0.2, -0.15) is 5.10 Å². The molecule has 3 aromatic heterocycles. The van der Waals surface area contributed by atoms with Gasteiger partial charge in [-0.15, -0.1) is 11.3 Å². The molecule has 0 fully saturated rings. The summed E-state index contributed by atoms with van der Waals surface area (Å²) < 4.78 is 1.89. The van der Waals surface area contributed by atoms with Gasteiger partial charge in [0, 0.05) is 23.5 Å². The van der Waals surface area contributed by atoms with E-state index in [1.165, 1.54) is 11.3 Å². The fourth-order valence-electron chi connectivity index (χ4n) is 2.89. The van der Waals surface area contributed by atoms with Crippen LogP contribution in [-0.4, -0.2) is 25.5 Å². The molecular formula is C21H18N4OS. The third-order valence-electron chi connectivity index (χ3n) is 4.22. The number of carbonyl (C=O) groups is 1. The van der Waals surface area contributed by atoms with Crippen LogP contribution in [0.15, 0.2) is 60.2 Å². The van der Waals surface area contributed by atoms with Crippen LogP contribution in [0.4, 0.5) is 0 Å². The second-order valence-corrected chi connectivity index (χ2v) is 7.26. The Bertz CT molecular complexity index is 1110. The zero-order valence-electron chi connectivity index (χ0n) is 15.1. The van der Waals surface area contributed by atoms with E-state index in [9.17, 15) is 4.79 Å². The van der Waals surface area contributed by atoms with Crippen molar-refractivity contribution < 1.29 is 4.79 Å². The number of carbonyl (C=O) groups excluding carboxylic acids is 1. The van der Waals surface area contributed by atoms with E-state index in [0.29, 0.717) is 6.54 Å². The lowest BCUT2D eigenvalue weighted by Crippen LogP contribution is -1.99. The van der Waals surface area contributed by atoms with Crippen LogP contribution in [-0.2, 0) is 6.54 Å². The van der Waals surface area contributed by atoms with E-state index in [1.54, 1.807) is 13.1 Å². The maximum Gasteiger partial charge on any atom is 0.169 e. The fourth-order valence-corrected chi connectivity index (χ4v) is 3.70. The summed E-state index contributed by atoms with van der Waals surface area (Å²) in [6, 6.07) is 14.0. The molecule has 0 unspecified atom stereocenters. The number of aryl methyl sites for hydroxylation is 1. The molecule has 5 nitrogen and oxygen atoms in total. The number of ketones is 1. The Labute approximate surface area is 161 Å². The van der Waals surface area contributed by atoms with Gasteiger partial charge in [0.05, 0.1) is 22.8 Å². The molecule has 0 amide bonds. The van der Waals surface area contributed by atoms with Crippen molar-refractivity contribution in [1.82, 2.24) is 19.7 Å². The van der Waals surface area contributed by atoms with E-state index in [2.05, 4.69) is 21.1 Å². The normalized spacial score (nSPS) is 10.9. The standard InChI is InChI=1S/C21H18N4OS/c1-14(26)21-10-16(13-27-21)12-25-9-7-20(24-25)18-5-3-4-17(11-18)19-6-8-22-15(2)23-19/h3-11,13H,12H2,1-2H3. The van der Waals surface area contributed by atoms with Gasteiger partial charge in [-0.3, -0.25) is 9.48 Å². The molecular weight excluding hydrogens is 356 g/mol. The first-order valence-electron chi connectivity index (χ1n) is 8.61. The first-order valence-corrected chi connectivity index (χ1v) is 9.49. The second-order valence-electron chi connectivity index (χ2n) is 6.34. The Morgan fingerprint density at radius 3 is 2.67 bits per heavy atom. The van der Waals surface area contributed by atoms with Crippen molar-refractivity contribution >= 4 is 17.1 Å². The Balaban J connectivity index is 1.57. The lowest BCUT2D eigenvalue weighted by Gasteiger charge is -2.04. The molecule has 0 spiro atoms. The minimum atomic E-state index is 0.101. The van der Waals surface area contributed by atoms with Gasteiger partial charge < -0.3 is 0 Å². The van der Waals surface area contributed by atoms with Gasteiger partial charge in [-0.1, -0.05) is 18.2 Å². The Hall–Kier alpha value is -3.12. The summed E-state index contributed by atoms with van der Waals surface area (Å²) in [6.45, 7) is 4.12.